The normalized spacial score (nSPS) is 20.7. The van der Waals surface area contributed by atoms with E-state index in [0.29, 0.717) is 18.3 Å². The van der Waals surface area contributed by atoms with Crippen LogP contribution in [0.25, 0.3) is 0 Å². The van der Waals surface area contributed by atoms with Gasteiger partial charge in [0.15, 0.2) is 5.69 Å². The zero-order valence-electron chi connectivity index (χ0n) is 10.2. The Morgan fingerprint density at radius 3 is 2.84 bits per heavy atom. The highest BCUT2D eigenvalue weighted by Crippen LogP contribution is 2.32. The molecule has 1 atom stereocenters. The number of hydrogen-bond acceptors (Lipinski definition) is 4. The van der Waals surface area contributed by atoms with Gasteiger partial charge in [-0.15, -0.1) is 0 Å². The first-order valence-corrected chi connectivity index (χ1v) is 7.31. The molecule has 0 aliphatic carbocycles. The summed E-state index contributed by atoms with van der Waals surface area (Å²) in [6.07, 6.45) is -3.53. The second-order valence-electron chi connectivity index (χ2n) is 4.23. The standard InChI is InChI=1S/C11H13ClF3N3S/c1-2-7-6-18(3-4-19-7)9-5-8(11(13,14)15)16-10(12)17-9/h5,7H,2-4,6H2,1H3. The van der Waals surface area contributed by atoms with Crippen LogP contribution in [-0.2, 0) is 6.18 Å². The van der Waals surface area contributed by atoms with Crippen LogP contribution in [0.15, 0.2) is 6.07 Å². The molecule has 0 saturated carbocycles. The lowest BCUT2D eigenvalue weighted by Gasteiger charge is -2.32. The molecule has 0 radical (unpaired) electrons. The molecule has 1 fully saturated rings. The van der Waals surface area contributed by atoms with Crippen LogP contribution in [0.1, 0.15) is 19.0 Å². The largest absolute Gasteiger partial charge is 0.433 e. The van der Waals surface area contributed by atoms with Crippen molar-refractivity contribution in [3.63, 3.8) is 0 Å². The second kappa shape index (κ2) is 5.75. The number of aromatic nitrogens is 2. The number of hydrogen-bond donors (Lipinski definition) is 0. The van der Waals surface area contributed by atoms with Crippen LogP contribution >= 0.6 is 23.4 Å². The minimum Gasteiger partial charge on any atom is -0.355 e. The quantitative estimate of drug-likeness (QED) is 0.782. The molecular formula is C11H13ClF3N3S. The van der Waals surface area contributed by atoms with E-state index >= 15 is 0 Å². The van der Waals surface area contributed by atoms with E-state index in [-0.39, 0.29) is 11.1 Å². The highest BCUT2D eigenvalue weighted by atomic mass is 35.5. The van der Waals surface area contributed by atoms with Crippen molar-refractivity contribution in [1.29, 1.82) is 0 Å². The first kappa shape index (κ1) is 14.7. The van der Waals surface area contributed by atoms with Crippen molar-refractivity contribution >= 4 is 29.2 Å². The van der Waals surface area contributed by atoms with Gasteiger partial charge < -0.3 is 4.90 Å². The topological polar surface area (TPSA) is 29.0 Å². The molecule has 0 bridgehead atoms. The minimum atomic E-state index is -4.50. The highest BCUT2D eigenvalue weighted by Gasteiger charge is 2.34. The monoisotopic (exact) mass is 311 g/mol. The van der Waals surface area contributed by atoms with Gasteiger partial charge >= 0.3 is 6.18 Å². The van der Waals surface area contributed by atoms with E-state index in [1.54, 1.807) is 0 Å². The number of nitrogens with zero attached hydrogens (tertiary/aromatic N) is 3. The van der Waals surface area contributed by atoms with Gasteiger partial charge in [0.1, 0.15) is 5.82 Å². The predicted octanol–water partition coefficient (Wildman–Crippen LogP) is 3.48. The van der Waals surface area contributed by atoms with Gasteiger partial charge in [-0.3, -0.25) is 0 Å². The Bertz CT molecular complexity index is 455. The first-order chi connectivity index (χ1) is 8.90. The number of rotatable bonds is 2. The number of halogens is 4. The van der Waals surface area contributed by atoms with Gasteiger partial charge in [0.25, 0.3) is 0 Å². The van der Waals surface area contributed by atoms with Crippen LogP contribution in [0, 0.1) is 0 Å². The number of anilines is 1. The summed E-state index contributed by atoms with van der Waals surface area (Å²) in [5.74, 6) is 1.13. The van der Waals surface area contributed by atoms with E-state index in [2.05, 4.69) is 16.9 Å². The Kier molecular flexibility index (Phi) is 4.45. The maximum absolute atomic E-state index is 12.7. The molecule has 106 valence electrons. The first-order valence-electron chi connectivity index (χ1n) is 5.88. The Hall–Kier alpha value is -0.690. The molecule has 1 aliphatic rings. The molecule has 8 heteroatoms. The summed E-state index contributed by atoms with van der Waals surface area (Å²) in [4.78, 5) is 8.99. The molecule has 1 aromatic heterocycles. The average Bonchev–Trinajstić information content (AvgIpc) is 2.37. The Morgan fingerprint density at radius 2 is 2.21 bits per heavy atom. The van der Waals surface area contributed by atoms with Gasteiger partial charge in [-0.25, -0.2) is 9.97 Å². The number of thioether (sulfide) groups is 1. The summed E-state index contributed by atoms with van der Waals surface area (Å²) < 4.78 is 38.1. The fourth-order valence-electron chi connectivity index (χ4n) is 1.89. The lowest BCUT2D eigenvalue weighted by molar-refractivity contribution is -0.141. The van der Waals surface area contributed by atoms with Crippen molar-refractivity contribution in [2.45, 2.75) is 24.8 Å². The molecule has 2 heterocycles. The van der Waals surface area contributed by atoms with Crippen LogP contribution in [0.4, 0.5) is 19.0 Å². The maximum Gasteiger partial charge on any atom is 0.433 e. The smallest absolute Gasteiger partial charge is 0.355 e. The van der Waals surface area contributed by atoms with E-state index in [4.69, 9.17) is 11.6 Å². The van der Waals surface area contributed by atoms with Crippen molar-refractivity contribution < 1.29 is 13.2 Å². The fourth-order valence-corrected chi connectivity index (χ4v) is 3.25. The van der Waals surface area contributed by atoms with Crippen LogP contribution in [-0.4, -0.2) is 34.1 Å². The molecule has 1 saturated heterocycles. The van der Waals surface area contributed by atoms with Crippen LogP contribution in [0.2, 0.25) is 5.28 Å². The van der Waals surface area contributed by atoms with Gasteiger partial charge in [0.05, 0.1) is 0 Å². The van der Waals surface area contributed by atoms with Crippen molar-refractivity contribution in [2.75, 3.05) is 23.7 Å². The van der Waals surface area contributed by atoms with E-state index in [1.165, 1.54) is 0 Å². The van der Waals surface area contributed by atoms with E-state index in [0.717, 1.165) is 18.2 Å². The molecule has 1 unspecified atom stereocenters. The summed E-state index contributed by atoms with van der Waals surface area (Å²) in [7, 11) is 0. The summed E-state index contributed by atoms with van der Waals surface area (Å²) in [6.45, 7) is 3.42. The third-order valence-corrected chi connectivity index (χ3v) is 4.44. The lowest BCUT2D eigenvalue weighted by atomic mass is 10.3. The van der Waals surface area contributed by atoms with Crippen molar-refractivity contribution in [3.05, 3.63) is 17.0 Å². The van der Waals surface area contributed by atoms with Gasteiger partial charge in [0, 0.05) is 30.2 Å². The summed E-state index contributed by atoms with van der Waals surface area (Å²) in [5, 5.41) is 0.0490. The average molecular weight is 312 g/mol. The van der Waals surface area contributed by atoms with Crippen LogP contribution in [0.3, 0.4) is 0 Å². The summed E-state index contributed by atoms with van der Waals surface area (Å²) >= 11 is 7.43. The highest BCUT2D eigenvalue weighted by molar-refractivity contribution is 8.00. The van der Waals surface area contributed by atoms with Gasteiger partial charge in [-0.1, -0.05) is 6.92 Å². The van der Waals surface area contributed by atoms with E-state index in [1.807, 2.05) is 16.7 Å². The molecule has 0 aromatic carbocycles. The molecule has 0 amide bonds. The van der Waals surface area contributed by atoms with Crippen molar-refractivity contribution in [2.24, 2.45) is 0 Å². The molecule has 19 heavy (non-hydrogen) atoms. The zero-order chi connectivity index (χ0) is 14.0. The van der Waals surface area contributed by atoms with Gasteiger partial charge in [0.2, 0.25) is 5.28 Å². The third kappa shape index (κ3) is 3.66. The molecule has 0 spiro atoms. The van der Waals surface area contributed by atoms with E-state index in [9.17, 15) is 13.2 Å². The second-order valence-corrected chi connectivity index (χ2v) is 5.97. The van der Waals surface area contributed by atoms with Crippen molar-refractivity contribution in [1.82, 2.24) is 9.97 Å². The maximum atomic E-state index is 12.7. The molecule has 1 aliphatic heterocycles. The molecule has 1 aromatic rings. The fraction of sp³-hybridized carbons (Fsp3) is 0.636. The zero-order valence-corrected chi connectivity index (χ0v) is 11.8. The summed E-state index contributed by atoms with van der Waals surface area (Å²) in [5.41, 5.74) is -0.992. The Labute approximate surface area is 118 Å². The minimum absolute atomic E-state index is 0.256. The van der Waals surface area contributed by atoms with E-state index < -0.39 is 11.9 Å². The molecule has 3 nitrogen and oxygen atoms in total. The molecule has 0 N–H and O–H groups in total. The lowest BCUT2D eigenvalue weighted by Crippen LogP contribution is -2.38. The summed E-state index contributed by atoms with van der Waals surface area (Å²) in [6, 6.07) is 0.967. The Morgan fingerprint density at radius 1 is 1.47 bits per heavy atom. The number of alkyl halides is 3. The third-order valence-electron chi connectivity index (χ3n) is 2.89. The molecular weight excluding hydrogens is 299 g/mol. The molecule has 2 rings (SSSR count). The van der Waals surface area contributed by atoms with Crippen molar-refractivity contribution in [3.8, 4) is 0 Å². The predicted molar refractivity (Wildman–Crippen MR) is 70.8 cm³/mol. The van der Waals surface area contributed by atoms with Gasteiger partial charge in [-0.2, -0.15) is 24.9 Å². The Balaban J connectivity index is 2.26. The van der Waals surface area contributed by atoms with Gasteiger partial charge in [-0.05, 0) is 18.0 Å². The van der Waals surface area contributed by atoms with Crippen LogP contribution < -0.4 is 4.90 Å². The SMILES string of the molecule is CCC1CN(c2cc(C(F)(F)F)nc(Cl)n2)CCS1. The van der Waals surface area contributed by atoms with Crippen LogP contribution in [0.5, 0.6) is 0 Å².